The van der Waals surface area contributed by atoms with E-state index in [4.69, 9.17) is 5.11 Å². The van der Waals surface area contributed by atoms with Gasteiger partial charge in [-0.2, -0.15) is 0 Å². The molecule has 1 aliphatic carbocycles. The van der Waals surface area contributed by atoms with E-state index in [-0.39, 0.29) is 24.8 Å². The average molecular weight is 269 g/mol. The number of aliphatic hydroxyl groups is 1. The summed E-state index contributed by atoms with van der Waals surface area (Å²) in [7, 11) is -3.30. The zero-order valence-corrected chi connectivity index (χ0v) is 11.1. The molecule has 2 N–H and O–H groups in total. The molecule has 1 unspecified atom stereocenters. The van der Waals surface area contributed by atoms with Crippen molar-refractivity contribution in [3.63, 3.8) is 0 Å². The summed E-state index contributed by atoms with van der Waals surface area (Å²) >= 11 is 0. The number of fused-ring (bicyclic) bond motifs is 1. The highest BCUT2D eigenvalue weighted by atomic mass is 32.2. The number of benzene rings is 1. The maximum absolute atomic E-state index is 11.8. The number of aryl methyl sites for hydroxylation is 1. The van der Waals surface area contributed by atoms with Crippen LogP contribution in [0.2, 0.25) is 0 Å². The van der Waals surface area contributed by atoms with Gasteiger partial charge in [-0.3, -0.25) is 0 Å². The lowest BCUT2D eigenvalue weighted by molar-refractivity contribution is 0.295. The molecular formula is C13H19NO3S. The zero-order chi connectivity index (χ0) is 13.0. The van der Waals surface area contributed by atoms with Gasteiger partial charge in [0, 0.05) is 12.6 Å². The molecule has 0 amide bonds. The van der Waals surface area contributed by atoms with Gasteiger partial charge < -0.3 is 5.11 Å². The predicted molar refractivity (Wildman–Crippen MR) is 70.7 cm³/mol. The summed E-state index contributed by atoms with van der Waals surface area (Å²) in [5.41, 5.74) is 2.33. The molecule has 0 aromatic heterocycles. The van der Waals surface area contributed by atoms with Gasteiger partial charge in [-0.05, 0) is 36.8 Å². The van der Waals surface area contributed by atoms with Crippen molar-refractivity contribution < 1.29 is 13.5 Å². The highest BCUT2D eigenvalue weighted by Gasteiger charge is 2.23. The first-order valence-corrected chi connectivity index (χ1v) is 7.96. The Morgan fingerprint density at radius 1 is 1.33 bits per heavy atom. The molecule has 18 heavy (non-hydrogen) atoms. The van der Waals surface area contributed by atoms with Crippen LogP contribution in [0.15, 0.2) is 24.3 Å². The van der Waals surface area contributed by atoms with Crippen LogP contribution in [0.1, 0.15) is 36.4 Å². The highest BCUT2D eigenvalue weighted by molar-refractivity contribution is 7.89. The SMILES string of the molecule is O=S(=O)(CCCO)NC1CCCc2ccccc21. The molecular weight excluding hydrogens is 250 g/mol. The van der Waals surface area contributed by atoms with Crippen molar-refractivity contribution in [3.05, 3.63) is 35.4 Å². The molecule has 0 saturated carbocycles. The van der Waals surface area contributed by atoms with Gasteiger partial charge in [0.2, 0.25) is 10.0 Å². The van der Waals surface area contributed by atoms with Gasteiger partial charge in [0.05, 0.1) is 5.75 Å². The minimum Gasteiger partial charge on any atom is -0.396 e. The van der Waals surface area contributed by atoms with Crippen LogP contribution < -0.4 is 4.72 Å². The molecule has 1 aromatic carbocycles. The number of nitrogens with one attached hydrogen (secondary N) is 1. The van der Waals surface area contributed by atoms with E-state index in [2.05, 4.69) is 10.8 Å². The Labute approximate surface area is 108 Å². The van der Waals surface area contributed by atoms with Crippen molar-refractivity contribution in [2.75, 3.05) is 12.4 Å². The number of rotatable bonds is 5. The van der Waals surface area contributed by atoms with Crippen molar-refractivity contribution >= 4 is 10.0 Å². The summed E-state index contributed by atoms with van der Waals surface area (Å²) in [5.74, 6) is -0.0117. The normalized spacial score (nSPS) is 19.5. The molecule has 0 bridgehead atoms. The van der Waals surface area contributed by atoms with E-state index >= 15 is 0 Å². The number of hydrogen-bond donors (Lipinski definition) is 2. The lowest BCUT2D eigenvalue weighted by Gasteiger charge is -2.26. The Morgan fingerprint density at radius 3 is 2.89 bits per heavy atom. The van der Waals surface area contributed by atoms with Gasteiger partial charge >= 0.3 is 0 Å². The molecule has 0 fully saturated rings. The van der Waals surface area contributed by atoms with E-state index in [0.717, 1.165) is 24.8 Å². The molecule has 1 aromatic rings. The molecule has 0 heterocycles. The molecule has 0 saturated heterocycles. The fourth-order valence-corrected chi connectivity index (χ4v) is 3.71. The largest absolute Gasteiger partial charge is 0.396 e. The van der Waals surface area contributed by atoms with Crippen molar-refractivity contribution in [3.8, 4) is 0 Å². The third kappa shape index (κ3) is 3.31. The van der Waals surface area contributed by atoms with Crippen molar-refractivity contribution in [2.24, 2.45) is 0 Å². The Balaban J connectivity index is 2.12. The van der Waals surface area contributed by atoms with Crippen LogP contribution in [0.5, 0.6) is 0 Å². The Hall–Kier alpha value is -0.910. The summed E-state index contributed by atoms with van der Waals surface area (Å²) < 4.78 is 26.4. The summed E-state index contributed by atoms with van der Waals surface area (Å²) in [5, 5.41) is 8.70. The first kappa shape index (κ1) is 13.5. The van der Waals surface area contributed by atoms with Gasteiger partial charge in [-0.1, -0.05) is 24.3 Å². The summed E-state index contributed by atoms with van der Waals surface area (Å²) in [6, 6.07) is 7.87. The maximum atomic E-state index is 11.8. The van der Waals surface area contributed by atoms with Gasteiger partial charge in [-0.15, -0.1) is 0 Å². The van der Waals surface area contributed by atoms with E-state index in [9.17, 15) is 8.42 Å². The molecule has 0 spiro atoms. The van der Waals surface area contributed by atoms with Crippen LogP contribution in [0.3, 0.4) is 0 Å². The maximum Gasteiger partial charge on any atom is 0.212 e. The number of sulfonamides is 1. The number of aliphatic hydroxyl groups excluding tert-OH is 1. The first-order valence-electron chi connectivity index (χ1n) is 6.31. The van der Waals surface area contributed by atoms with Crippen LogP contribution in [0, 0.1) is 0 Å². The molecule has 1 aliphatic rings. The van der Waals surface area contributed by atoms with E-state index < -0.39 is 10.0 Å². The van der Waals surface area contributed by atoms with Crippen LogP contribution >= 0.6 is 0 Å². The molecule has 100 valence electrons. The van der Waals surface area contributed by atoms with Crippen LogP contribution in [0.4, 0.5) is 0 Å². The molecule has 1 atom stereocenters. The average Bonchev–Trinajstić information content (AvgIpc) is 2.37. The molecule has 2 rings (SSSR count). The quantitative estimate of drug-likeness (QED) is 0.848. The molecule has 0 aliphatic heterocycles. The van der Waals surface area contributed by atoms with Gasteiger partial charge in [-0.25, -0.2) is 13.1 Å². The minimum atomic E-state index is -3.30. The summed E-state index contributed by atoms with van der Waals surface area (Å²) in [4.78, 5) is 0. The van der Waals surface area contributed by atoms with Crippen molar-refractivity contribution in [2.45, 2.75) is 31.7 Å². The van der Waals surface area contributed by atoms with Crippen LogP contribution in [-0.2, 0) is 16.4 Å². The lowest BCUT2D eigenvalue weighted by atomic mass is 9.88. The molecule has 0 radical (unpaired) electrons. The van der Waals surface area contributed by atoms with Crippen molar-refractivity contribution in [1.82, 2.24) is 4.72 Å². The second-order valence-corrected chi connectivity index (χ2v) is 6.53. The lowest BCUT2D eigenvalue weighted by Crippen LogP contribution is -2.33. The monoisotopic (exact) mass is 269 g/mol. The highest BCUT2D eigenvalue weighted by Crippen LogP contribution is 2.29. The summed E-state index contributed by atoms with van der Waals surface area (Å²) in [6.07, 6.45) is 3.15. The Morgan fingerprint density at radius 2 is 2.11 bits per heavy atom. The van der Waals surface area contributed by atoms with Crippen molar-refractivity contribution in [1.29, 1.82) is 0 Å². The van der Waals surface area contributed by atoms with E-state index in [1.165, 1.54) is 5.56 Å². The predicted octanol–water partition coefficient (Wildman–Crippen LogP) is 1.37. The fraction of sp³-hybridized carbons (Fsp3) is 0.538. The standard InChI is InChI=1S/C13H19NO3S/c15-9-4-10-18(16,17)14-13-8-3-6-11-5-1-2-7-12(11)13/h1-2,5,7,13-15H,3-4,6,8-10H2. The first-order chi connectivity index (χ1) is 8.62. The van der Waals surface area contributed by atoms with E-state index in [1.807, 2.05) is 18.2 Å². The van der Waals surface area contributed by atoms with Gasteiger partial charge in [0.1, 0.15) is 0 Å². The fourth-order valence-electron chi connectivity index (χ4n) is 2.41. The third-order valence-corrected chi connectivity index (χ3v) is 4.73. The van der Waals surface area contributed by atoms with Gasteiger partial charge in [0.25, 0.3) is 0 Å². The van der Waals surface area contributed by atoms with Crippen LogP contribution in [-0.4, -0.2) is 25.9 Å². The second kappa shape index (κ2) is 5.82. The van der Waals surface area contributed by atoms with Crippen LogP contribution in [0.25, 0.3) is 0 Å². The van der Waals surface area contributed by atoms with Gasteiger partial charge in [0.15, 0.2) is 0 Å². The smallest absolute Gasteiger partial charge is 0.212 e. The van der Waals surface area contributed by atoms with E-state index in [0.29, 0.717) is 0 Å². The number of hydrogen-bond acceptors (Lipinski definition) is 3. The molecule has 4 nitrogen and oxygen atoms in total. The topological polar surface area (TPSA) is 66.4 Å². The zero-order valence-electron chi connectivity index (χ0n) is 10.3. The Kier molecular flexibility index (Phi) is 4.37. The van der Waals surface area contributed by atoms with E-state index in [1.54, 1.807) is 0 Å². The second-order valence-electron chi connectivity index (χ2n) is 4.66. The third-order valence-electron chi connectivity index (χ3n) is 3.26. The molecule has 5 heteroatoms. The summed E-state index contributed by atoms with van der Waals surface area (Å²) in [6.45, 7) is -0.0951. The Bertz CT molecular complexity index is 499. The minimum absolute atomic E-state index is 0.0117.